The van der Waals surface area contributed by atoms with Crippen LogP contribution in [0.2, 0.25) is 0 Å². The molecule has 1 N–H and O–H groups in total. The molecule has 0 bridgehead atoms. The van der Waals surface area contributed by atoms with Crippen LogP contribution >= 0.6 is 0 Å². The number of hydrogen-bond donors (Lipinski definition) is 1. The van der Waals surface area contributed by atoms with Gasteiger partial charge in [-0.25, -0.2) is 14.5 Å². The van der Waals surface area contributed by atoms with E-state index >= 15 is 0 Å². The van der Waals surface area contributed by atoms with Crippen LogP contribution in [0, 0.1) is 13.8 Å². The van der Waals surface area contributed by atoms with E-state index in [0.29, 0.717) is 12.0 Å². The minimum absolute atomic E-state index is 0.00941. The smallest absolute Gasteiger partial charge is 0.158 e. The highest BCUT2D eigenvalue weighted by atomic mass is 16.5. The fourth-order valence-corrected chi connectivity index (χ4v) is 5.74. The van der Waals surface area contributed by atoms with Gasteiger partial charge >= 0.3 is 0 Å². The van der Waals surface area contributed by atoms with E-state index < -0.39 is 0 Å². The van der Waals surface area contributed by atoms with Crippen LogP contribution in [0.15, 0.2) is 24.7 Å². The van der Waals surface area contributed by atoms with Crippen LogP contribution in [-0.2, 0) is 9.47 Å². The second kappa shape index (κ2) is 9.00. The third-order valence-corrected chi connectivity index (χ3v) is 7.81. The van der Waals surface area contributed by atoms with Gasteiger partial charge in [0.05, 0.1) is 29.0 Å². The molecule has 0 saturated carbocycles. The van der Waals surface area contributed by atoms with Crippen molar-refractivity contribution in [1.82, 2.24) is 29.5 Å². The lowest BCUT2D eigenvalue weighted by Gasteiger charge is -2.39. The molecule has 8 nitrogen and oxygen atoms in total. The Kier molecular flexibility index (Phi) is 5.82. The molecule has 1 atom stereocenters. The number of pyridine rings is 2. The maximum Gasteiger partial charge on any atom is 0.158 e. The molecule has 0 spiro atoms. The molecule has 1 unspecified atom stereocenters. The Hall–Kier alpha value is -2.81. The van der Waals surface area contributed by atoms with Gasteiger partial charge < -0.3 is 14.5 Å². The van der Waals surface area contributed by atoms with Crippen molar-refractivity contribution in [1.29, 1.82) is 0 Å². The number of nitrogens with one attached hydrogen (secondary N) is 1. The molecule has 0 aromatic carbocycles. The third kappa shape index (κ3) is 3.93. The van der Waals surface area contributed by atoms with Gasteiger partial charge in [-0.1, -0.05) is 13.8 Å². The van der Waals surface area contributed by atoms with Gasteiger partial charge in [-0.15, -0.1) is 0 Å². The normalized spacial score (nSPS) is 20.4. The summed E-state index contributed by atoms with van der Waals surface area (Å²) in [6.45, 7) is 13.1. The van der Waals surface area contributed by atoms with Gasteiger partial charge in [0, 0.05) is 49.7 Å². The summed E-state index contributed by atoms with van der Waals surface area (Å²) < 4.78 is 13.7. The summed E-state index contributed by atoms with van der Waals surface area (Å²) in [7, 11) is 0. The summed E-state index contributed by atoms with van der Waals surface area (Å²) in [5.41, 5.74) is 9.86. The Morgan fingerprint density at radius 2 is 1.91 bits per heavy atom. The SMILES string of the molecule is Cc1c(-c2[nH]c3ccc(C4CN(C5CCOCC5)CCO4)nc3c2C(C)C)cn2ncnc2c1C. The molecule has 0 amide bonds. The Balaban J connectivity index is 1.40. The second-order valence-corrected chi connectivity index (χ2v) is 10.2. The number of nitrogens with zero attached hydrogens (tertiary/aromatic N) is 5. The van der Waals surface area contributed by atoms with Crippen molar-refractivity contribution in [2.75, 3.05) is 32.9 Å². The Bertz CT molecular complexity index is 1370. The quantitative estimate of drug-likeness (QED) is 0.467. The van der Waals surface area contributed by atoms with Crippen molar-refractivity contribution in [3.8, 4) is 11.3 Å². The first-order valence-electron chi connectivity index (χ1n) is 12.8. The number of H-pyrrole nitrogens is 1. The predicted octanol–water partition coefficient (Wildman–Crippen LogP) is 4.57. The maximum atomic E-state index is 6.24. The van der Waals surface area contributed by atoms with Crippen LogP contribution in [0.4, 0.5) is 0 Å². The highest BCUT2D eigenvalue weighted by Gasteiger charge is 2.30. The Morgan fingerprint density at radius 1 is 1.09 bits per heavy atom. The van der Waals surface area contributed by atoms with Crippen LogP contribution < -0.4 is 0 Å². The molecule has 2 aliphatic heterocycles. The summed E-state index contributed by atoms with van der Waals surface area (Å²) in [5, 5.41) is 4.40. The zero-order valence-electron chi connectivity index (χ0n) is 21.0. The molecular formula is C27H34N6O2. The van der Waals surface area contributed by atoms with Crippen molar-refractivity contribution in [3.63, 3.8) is 0 Å². The molecule has 2 fully saturated rings. The second-order valence-electron chi connectivity index (χ2n) is 10.2. The highest BCUT2D eigenvalue weighted by molar-refractivity contribution is 5.89. The van der Waals surface area contributed by atoms with Crippen molar-refractivity contribution in [2.45, 2.75) is 58.6 Å². The molecule has 0 radical (unpaired) electrons. The number of ether oxygens (including phenoxy) is 2. The molecule has 4 aromatic heterocycles. The summed E-state index contributed by atoms with van der Waals surface area (Å²) >= 11 is 0. The molecule has 8 heteroatoms. The lowest BCUT2D eigenvalue weighted by atomic mass is 9.95. The van der Waals surface area contributed by atoms with Gasteiger partial charge in [-0.3, -0.25) is 4.90 Å². The van der Waals surface area contributed by atoms with E-state index in [4.69, 9.17) is 14.5 Å². The lowest BCUT2D eigenvalue weighted by Crippen LogP contribution is -2.47. The maximum absolute atomic E-state index is 6.24. The van der Waals surface area contributed by atoms with Gasteiger partial charge in [-0.05, 0) is 55.9 Å². The van der Waals surface area contributed by atoms with E-state index in [-0.39, 0.29) is 6.10 Å². The molecule has 184 valence electrons. The average Bonchev–Trinajstić information content (AvgIpc) is 3.51. The van der Waals surface area contributed by atoms with E-state index in [1.54, 1.807) is 6.33 Å². The molecule has 6 heterocycles. The number of rotatable bonds is 4. The minimum atomic E-state index is -0.00941. The number of aromatic nitrogens is 5. The number of aromatic amines is 1. The summed E-state index contributed by atoms with van der Waals surface area (Å²) in [4.78, 5) is 15.9. The minimum Gasteiger partial charge on any atom is -0.381 e. The van der Waals surface area contributed by atoms with Crippen LogP contribution in [0.5, 0.6) is 0 Å². The molecule has 4 aromatic rings. The molecule has 0 aliphatic carbocycles. The van der Waals surface area contributed by atoms with Crippen LogP contribution in [0.25, 0.3) is 27.9 Å². The molecule has 2 aliphatic rings. The van der Waals surface area contributed by atoms with Crippen molar-refractivity contribution < 1.29 is 9.47 Å². The molecular weight excluding hydrogens is 440 g/mol. The summed E-state index contributed by atoms with van der Waals surface area (Å²) in [6.07, 6.45) is 5.89. The zero-order chi connectivity index (χ0) is 24.1. The topological polar surface area (TPSA) is 80.6 Å². The van der Waals surface area contributed by atoms with Crippen molar-refractivity contribution in [2.24, 2.45) is 0 Å². The van der Waals surface area contributed by atoms with Crippen molar-refractivity contribution in [3.05, 3.63) is 47.0 Å². The zero-order valence-corrected chi connectivity index (χ0v) is 21.0. The van der Waals surface area contributed by atoms with E-state index in [9.17, 15) is 0 Å². The Labute approximate surface area is 205 Å². The van der Waals surface area contributed by atoms with Gasteiger partial charge in [0.2, 0.25) is 0 Å². The fraction of sp³-hybridized carbons (Fsp3) is 0.519. The van der Waals surface area contributed by atoms with Crippen LogP contribution in [-0.4, -0.2) is 68.4 Å². The lowest BCUT2D eigenvalue weighted by molar-refractivity contribution is -0.0646. The van der Waals surface area contributed by atoms with Crippen LogP contribution in [0.3, 0.4) is 0 Å². The number of morpholine rings is 1. The van der Waals surface area contributed by atoms with Gasteiger partial charge in [0.25, 0.3) is 0 Å². The first-order valence-corrected chi connectivity index (χ1v) is 12.8. The monoisotopic (exact) mass is 474 g/mol. The predicted molar refractivity (Wildman–Crippen MR) is 136 cm³/mol. The summed E-state index contributed by atoms with van der Waals surface area (Å²) in [5.74, 6) is 0.304. The standard InChI is InChI=1S/C27H34N6O2/c1-16(2)24-25(20-13-33-27(28-15-29-33)18(4)17(20)3)31-22-6-5-21(30-26(22)24)23-14-32(9-12-35-23)19-7-10-34-11-8-19/h5-6,13,15-16,19,23,31H,7-12,14H2,1-4H3. The van der Waals surface area contributed by atoms with E-state index in [1.807, 2.05) is 4.52 Å². The van der Waals surface area contributed by atoms with Crippen molar-refractivity contribution >= 4 is 16.7 Å². The summed E-state index contributed by atoms with van der Waals surface area (Å²) in [6, 6.07) is 4.88. The number of fused-ring (bicyclic) bond motifs is 2. The van der Waals surface area contributed by atoms with E-state index in [1.165, 1.54) is 11.1 Å². The molecule has 2 saturated heterocycles. The first-order chi connectivity index (χ1) is 17.0. The van der Waals surface area contributed by atoms with Crippen LogP contribution in [0.1, 0.15) is 61.1 Å². The third-order valence-electron chi connectivity index (χ3n) is 7.81. The number of aryl methyl sites for hydroxylation is 1. The fourth-order valence-electron chi connectivity index (χ4n) is 5.74. The van der Waals surface area contributed by atoms with E-state index in [0.717, 1.165) is 84.9 Å². The van der Waals surface area contributed by atoms with E-state index in [2.05, 4.69) is 66.0 Å². The molecule has 35 heavy (non-hydrogen) atoms. The van der Waals surface area contributed by atoms with Gasteiger partial charge in [0.15, 0.2) is 5.65 Å². The largest absolute Gasteiger partial charge is 0.381 e. The number of hydrogen-bond acceptors (Lipinski definition) is 6. The van der Waals surface area contributed by atoms with Gasteiger partial charge in [-0.2, -0.15) is 5.10 Å². The average molecular weight is 475 g/mol. The highest BCUT2D eigenvalue weighted by Crippen LogP contribution is 2.38. The Morgan fingerprint density at radius 3 is 2.71 bits per heavy atom. The van der Waals surface area contributed by atoms with Gasteiger partial charge in [0.1, 0.15) is 12.4 Å². The molecule has 6 rings (SSSR count). The first kappa shape index (κ1) is 22.6.